The Balaban J connectivity index is 1.51. The van der Waals surface area contributed by atoms with Gasteiger partial charge in [-0.2, -0.15) is 0 Å². The average Bonchev–Trinajstić information content (AvgIpc) is 3.17. The zero-order valence-corrected chi connectivity index (χ0v) is 17.0. The lowest BCUT2D eigenvalue weighted by Gasteiger charge is -2.05. The Hall–Kier alpha value is -2.22. The van der Waals surface area contributed by atoms with Crippen LogP contribution in [0.3, 0.4) is 0 Å². The second-order valence-corrected chi connectivity index (χ2v) is 8.88. The maximum absolute atomic E-state index is 12.5. The molecule has 0 unspecified atom stereocenters. The van der Waals surface area contributed by atoms with Crippen molar-refractivity contribution in [2.24, 2.45) is 0 Å². The topological polar surface area (TPSA) is 54.0 Å². The number of thiazole rings is 1. The third-order valence-electron chi connectivity index (χ3n) is 3.76. The number of carbonyl (C=O) groups is 1. The van der Waals surface area contributed by atoms with E-state index in [4.69, 9.17) is 0 Å². The number of carbonyl (C=O) groups excluding carboxylic acids is 1. The molecule has 0 aliphatic carbocycles. The van der Waals surface area contributed by atoms with Crippen LogP contribution in [-0.4, -0.2) is 10.9 Å². The third kappa shape index (κ3) is 3.65. The summed E-state index contributed by atoms with van der Waals surface area (Å²) in [5.41, 5.74) is 3.70. The van der Waals surface area contributed by atoms with Crippen LogP contribution in [-0.2, 0) is 0 Å². The van der Waals surface area contributed by atoms with Gasteiger partial charge in [0.2, 0.25) is 0 Å². The molecule has 2 heterocycles. The predicted octanol–water partition coefficient (Wildman–Crippen LogP) is 6.42. The summed E-state index contributed by atoms with van der Waals surface area (Å²) in [5.74, 6) is -0.112. The van der Waals surface area contributed by atoms with Crippen molar-refractivity contribution in [2.45, 2.75) is 6.92 Å². The quantitative estimate of drug-likeness (QED) is 0.382. The zero-order chi connectivity index (χ0) is 18.1. The summed E-state index contributed by atoms with van der Waals surface area (Å²) in [7, 11) is 0. The van der Waals surface area contributed by atoms with Crippen LogP contribution in [0.2, 0.25) is 0 Å². The summed E-state index contributed by atoms with van der Waals surface area (Å²) in [5, 5.41) is 7.06. The van der Waals surface area contributed by atoms with E-state index in [-0.39, 0.29) is 5.91 Å². The van der Waals surface area contributed by atoms with Gasteiger partial charge in [-0.25, -0.2) is 4.98 Å². The highest BCUT2D eigenvalue weighted by atomic mass is 79.9. The van der Waals surface area contributed by atoms with Gasteiger partial charge in [0.15, 0.2) is 5.13 Å². The second-order valence-electron chi connectivity index (χ2n) is 5.71. The van der Waals surface area contributed by atoms with Crippen LogP contribution in [0.25, 0.3) is 9.53 Å². The zero-order valence-electron chi connectivity index (χ0n) is 13.7. The summed E-state index contributed by atoms with van der Waals surface area (Å²) >= 11 is 6.47. The second kappa shape index (κ2) is 7.19. The lowest BCUT2D eigenvalue weighted by atomic mass is 10.2. The van der Waals surface area contributed by atoms with Gasteiger partial charge in [0.05, 0.1) is 10.4 Å². The van der Waals surface area contributed by atoms with E-state index in [2.05, 4.69) is 31.5 Å². The Morgan fingerprint density at radius 2 is 1.85 bits per heavy atom. The van der Waals surface area contributed by atoms with E-state index in [1.807, 2.05) is 61.5 Å². The van der Waals surface area contributed by atoms with Crippen LogP contribution in [0.15, 0.2) is 59.1 Å². The molecule has 4 aromatic rings. The number of fused-ring (bicyclic) bond motifs is 1. The minimum atomic E-state index is -0.112. The number of para-hydroxylation sites is 1. The molecule has 0 aliphatic heterocycles. The molecule has 0 bridgehead atoms. The minimum Gasteiger partial charge on any atom is -0.332 e. The van der Waals surface area contributed by atoms with Gasteiger partial charge in [0.25, 0.3) is 5.91 Å². The minimum absolute atomic E-state index is 0.112. The molecule has 0 radical (unpaired) electrons. The fraction of sp³-hybridized carbons (Fsp3) is 0.0526. The van der Waals surface area contributed by atoms with Crippen LogP contribution in [0.5, 0.6) is 0 Å². The Morgan fingerprint density at radius 1 is 1.04 bits per heavy atom. The first kappa shape index (κ1) is 17.2. The van der Waals surface area contributed by atoms with Crippen LogP contribution in [0.4, 0.5) is 16.5 Å². The van der Waals surface area contributed by atoms with Crippen molar-refractivity contribution in [3.05, 3.63) is 69.5 Å². The van der Waals surface area contributed by atoms with Crippen molar-refractivity contribution in [3.8, 4) is 0 Å². The fourth-order valence-corrected chi connectivity index (χ4v) is 4.80. The van der Waals surface area contributed by atoms with Gasteiger partial charge in [-0.1, -0.05) is 45.5 Å². The van der Waals surface area contributed by atoms with E-state index in [0.717, 1.165) is 36.1 Å². The number of nitrogens with zero attached hydrogens (tertiary/aromatic N) is 1. The summed E-state index contributed by atoms with van der Waals surface area (Å²) in [4.78, 5) is 17.7. The molecule has 1 amide bonds. The fourth-order valence-electron chi connectivity index (χ4n) is 2.46. The van der Waals surface area contributed by atoms with E-state index in [1.54, 1.807) is 11.3 Å². The number of anilines is 3. The van der Waals surface area contributed by atoms with Gasteiger partial charge < -0.3 is 10.6 Å². The summed E-state index contributed by atoms with van der Waals surface area (Å²) in [6.07, 6.45) is 0. The molecule has 0 saturated carbocycles. The van der Waals surface area contributed by atoms with Crippen LogP contribution >= 0.6 is 38.6 Å². The summed E-state index contributed by atoms with van der Waals surface area (Å²) in [6.45, 7) is 1.99. The largest absolute Gasteiger partial charge is 0.332 e. The normalized spacial score (nSPS) is 10.8. The van der Waals surface area contributed by atoms with Crippen LogP contribution in [0, 0.1) is 6.92 Å². The molecule has 130 valence electrons. The molecular weight excluding hydrogens is 430 g/mol. The van der Waals surface area contributed by atoms with E-state index in [9.17, 15) is 4.79 Å². The Kier molecular flexibility index (Phi) is 4.76. The highest BCUT2D eigenvalue weighted by molar-refractivity contribution is 9.10. The van der Waals surface area contributed by atoms with Gasteiger partial charge in [0.1, 0.15) is 4.01 Å². The Morgan fingerprint density at radius 3 is 2.58 bits per heavy atom. The lowest BCUT2D eigenvalue weighted by molar-refractivity contribution is 0.103. The monoisotopic (exact) mass is 443 g/mol. The van der Waals surface area contributed by atoms with Gasteiger partial charge in [0, 0.05) is 15.8 Å². The number of hydrogen-bond acceptors (Lipinski definition) is 5. The van der Waals surface area contributed by atoms with Crippen molar-refractivity contribution in [1.29, 1.82) is 0 Å². The van der Waals surface area contributed by atoms with E-state index < -0.39 is 0 Å². The number of rotatable bonds is 4. The van der Waals surface area contributed by atoms with Crippen molar-refractivity contribution in [2.75, 3.05) is 10.6 Å². The van der Waals surface area contributed by atoms with Gasteiger partial charge in [-0.15, -0.1) is 11.3 Å². The van der Waals surface area contributed by atoms with Crippen LogP contribution < -0.4 is 10.6 Å². The summed E-state index contributed by atoms with van der Waals surface area (Å²) < 4.78 is 2.05. The first-order valence-electron chi connectivity index (χ1n) is 7.88. The molecule has 4 nitrogen and oxygen atoms in total. The van der Waals surface area contributed by atoms with Crippen molar-refractivity contribution in [3.63, 3.8) is 0 Å². The Bertz CT molecular complexity index is 1060. The first-order valence-corrected chi connectivity index (χ1v) is 10.3. The van der Waals surface area contributed by atoms with Gasteiger partial charge in [-0.3, -0.25) is 4.79 Å². The molecular formula is C19H14BrN3OS2. The number of benzene rings is 2. The molecule has 0 fully saturated rings. The van der Waals surface area contributed by atoms with Crippen LogP contribution in [0.1, 0.15) is 15.2 Å². The molecule has 26 heavy (non-hydrogen) atoms. The van der Waals surface area contributed by atoms with E-state index >= 15 is 0 Å². The molecule has 0 atom stereocenters. The number of nitrogens with one attached hydrogen (secondary N) is 2. The maximum Gasteiger partial charge on any atom is 0.265 e. The number of halogens is 1. The number of hydrogen-bond donors (Lipinski definition) is 2. The Labute approximate surface area is 167 Å². The highest BCUT2D eigenvalue weighted by Crippen LogP contribution is 2.35. The molecule has 2 N–H and O–H groups in total. The third-order valence-corrected chi connectivity index (χ3v) is 6.84. The van der Waals surface area contributed by atoms with E-state index in [0.29, 0.717) is 4.88 Å². The maximum atomic E-state index is 12.5. The van der Waals surface area contributed by atoms with E-state index in [1.165, 1.54) is 11.3 Å². The molecule has 0 aliphatic rings. The van der Waals surface area contributed by atoms with Crippen molar-refractivity contribution in [1.82, 2.24) is 4.98 Å². The number of thiophene rings is 1. The lowest BCUT2D eigenvalue weighted by Crippen LogP contribution is -2.10. The summed E-state index contributed by atoms with van der Waals surface area (Å²) in [6, 6.07) is 17.5. The SMILES string of the molecule is Cc1cc(NC(=O)c2cc3nc(Nc4ccccc4)sc3s2)ccc1Br. The molecule has 0 saturated heterocycles. The molecule has 2 aromatic heterocycles. The molecule has 0 spiro atoms. The molecule has 2 aromatic carbocycles. The van der Waals surface area contributed by atoms with Crippen molar-refractivity contribution >= 4 is 70.5 Å². The first-order chi connectivity index (χ1) is 12.6. The molecule has 4 rings (SSSR count). The standard InChI is InChI=1S/C19H14BrN3OS2/c1-11-9-13(7-8-14(11)20)21-17(24)16-10-15-18(25-16)26-19(23-15)22-12-5-3-2-4-6-12/h2-10H,1H3,(H,21,24)(H,22,23). The number of amides is 1. The average molecular weight is 444 g/mol. The van der Waals surface area contributed by atoms with Crippen molar-refractivity contribution < 1.29 is 4.79 Å². The number of aryl methyl sites for hydroxylation is 1. The number of aromatic nitrogens is 1. The van der Waals surface area contributed by atoms with Gasteiger partial charge in [-0.05, 0) is 48.9 Å². The predicted molar refractivity (Wildman–Crippen MR) is 114 cm³/mol. The molecule has 7 heteroatoms. The highest BCUT2D eigenvalue weighted by Gasteiger charge is 2.14. The van der Waals surface area contributed by atoms with Gasteiger partial charge >= 0.3 is 0 Å². The smallest absolute Gasteiger partial charge is 0.265 e.